The van der Waals surface area contributed by atoms with Crippen molar-refractivity contribution < 1.29 is 4.52 Å². The van der Waals surface area contributed by atoms with Gasteiger partial charge in [0.05, 0.1) is 11.9 Å². The minimum absolute atomic E-state index is 0.589. The fourth-order valence-corrected chi connectivity index (χ4v) is 2.36. The second-order valence-corrected chi connectivity index (χ2v) is 4.84. The number of halogens is 1. The van der Waals surface area contributed by atoms with E-state index in [9.17, 15) is 0 Å². The molecule has 2 heterocycles. The molecular weight excluding hydrogens is 274 g/mol. The molecule has 0 atom stereocenters. The molecule has 2 N–H and O–H groups in total. The van der Waals surface area contributed by atoms with Gasteiger partial charge in [-0.3, -0.25) is 4.98 Å². The van der Waals surface area contributed by atoms with Crippen LogP contribution in [0.4, 0.5) is 5.69 Å². The van der Waals surface area contributed by atoms with Crippen LogP contribution in [0, 0.1) is 6.92 Å². The van der Waals surface area contributed by atoms with E-state index < -0.39 is 0 Å². The van der Waals surface area contributed by atoms with Crippen LogP contribution in [0.3, 0.4) is 0 Å². The number of rotatable bonds is 2. The molecule has 5 heteroatoms. The van der Waals surface area contributed by atoms with Crippen molar-refractivity contribution in [3.8, 4) is 22.4 Å². The summed E-state index contributed by atoms with van der Waals surface area (Å²) in [6.07, 6.45) is 3.36. The first-order chi connectivity index (χ1) is 9.66. The lowest BCUT2D eigenvalue weighted by molar-refractivity contribution is 0.398. The Morgan fingerprint density at radius 1 is 1.15 bits per heavy atom. The summed E-state index contributed by atoms with van der Waals surface area (Å²) in [5, 5.41) is 4.35. The van der Waals surface area contributed by atoms with E-state index in [1.54, 1.807) is 12.4 Å². The third-order valence-corrected chi connectivity index (χ3v) is 3.43. The van der Waals surface area contributed by atoms with Crippen molar-refractivity contribution in [3.05, 3.63) is 53.5 Å². The van der Waals surface area contributed by atoms with E-state index in [-0.39, 0.29) is 0 Å². The summed E-state index contributed by atoms with van der Waals surface area (Å²) in [7, 11) is 0. The van der Waals surface area contributed by atoms with Crippen LogP contribution in [0.15, 0.2) is 47.2 Å². The average molecular weight is 286 g/mol. The maximum absolute atomic E-state index is 6.36. The zero-order valence-electron chi connectivity index (χ0n) is 10.8. The molecule has 2 aromatic heterocycles. The summed E-state index contributed by atoms with van der Waals surface area (Å²) >= 11 is 6.36. The number of benzene rings is 1. The largest absolute Gasteiger partial charge is 0.398 e. The molecule has 0 amide bonds. The number of anilines is 1. The molecule has 0 radical (unpaired) electrons. The minimum Gasteiger partial charge on any atom is -0.398 e. The first-order valence-corrected chi connectivity index (χ1v) is 6.46. The van der Waals surface area contributed by atoms with Crippen molar-refractivity contribution in [2.75, 3.05) is 5.73 Å². The van der Waals surface area contributed by atoms with Crippen molar-refractivity contribution >= 4 is 17.3 Å². The summed E-state index contributed by atoms with van der Waals surface area (Å²) in [6, 6.07) is 9.31. The van der Waals surface area contributed by atoms with Crippen LogP contribution in [0.1, 0.15) is 5.76 Å². The van der Waals surface area contributed by atoms with Crippen LogP contribution < -0.4 is 5.73 Å². The van der Waals surface area contributed by atoms with E-state index >= 15 is 0 Å². The molecule has 0 bridgehead atoms. The number of nitrogens with zero attached hydrogens (tertiary/aromatic N) is 2. The quantitative estimate of drug-likeness (QED) is 0.724. The van der Waals surface area contributed by atoms with Gasteiger partial charge in [-0.2, -0.15) is 0 Å². The highest BCUT2D eigenvalue weighted by atomic mass is 35.5. The average Bonchev–Trinajstić information content (AvgIpc) is 2.88. The molecule has 0 aliphatic rings. The van der Waals surface area contributed by atoms with E-state index in [1.165, 1.54) is 0 Å². The number of hydrogen-bond donors (Lipinski definition) is 1. The Labute approximate surface area is 121 Å². The third-order valence-electron chi connectivity index (χ3n) is 3.12. The Bertz CT molecular complexity index is 753. The highest BCUT2D eigenvalue weighted by Crippen LogP contribution is 2.36. The first kappa shape index (κ1) is 12.7. The van der Waals surface area contributed by atoms with Crippen LogP contribution in [0.2, 0.25) is 5.02 Å². The molecule has 4 nitrogen and oxygen atoms in total. The van der Waals surface area contributed by atoms with Crippen LogP contribution >= 0.6 is 11.6 Å². The van der Waals surface area contributed by atoms with Gasteiger partial charge >= 0.3 is 0 Å². The Morgan fingerprint density at radius 3 is 2.65 bits per heavy atom. The molecule has 0 spiro atoms. The summed E-state index contributed by atoms with van der Waals surface area (Å²) in [6.45, 7) is 1.83. The molecule has 3 rings (SSSR count). The topological polar surface area (TPSA) is 64.9 Å². The highest BCUT2D eigenvalue weighted by Gasteiger charge is 2.14. The smallest absolute Gasteiger partial charge is 0.141 e. The van der Waals surface area contributed by atoms with Gasteiger partial charge in [0, 0.05) is 33.6 Å². The Balaban J connectivity index is 2.15. The van der Waals surface area contributed by atoms with Crippen LogP contribution in [0.5, 0.6) is 0 Å². The van der Waals surface area contributed by atoms with E-state index in [1.807, 2.05) is 37.3 Å². The van der Waals surface area contributed by atoms with Gasteiger partial charge in [0.25, 0.3) is 0 Å². The standard InChI is InChI=1S/C15H12ClN3O/c1-9-12(8-19-20-9)10-7-14(17)11(6-13(10)16)15-4-2-3-5-18-15/h2-8H,17H2,1H3. The molecule has 0 aliphatic heterocycles. The molecule has 3 aromatic rings. The number of aryl methyl sites for hydroxylation is 1. The molecule has 0 fully saturated rings. The maximum atomic E-state index is 6.36. The van der Waals surface area contributed by atoms with Crippen molar-refractivity contribution in [2.24, 2.45) is 0 Å². The third kappa shape index (κ3) is 2.14. The van der Waals surface area contributed by atoms with E-state index in [4.69, 9.17) is 21.9 Å². The molecule has 0 aliphatic carbocycles. The maximum Gasteiger partial charge on any atom is 0.141 e. The Hall–Kier alpha value is -2.33. The van der Waals surface area contributed by atoms with Crippen molar-refractivity contribution in [1.82, 2.24) is 10.1 Å². The van der Waals surface area contributed by atoms with Crippen molar-refractivity contribution in [3.63, 3.8) is 0 Å². The molecule has 0 unspecified atom stereocenters. The SMILES string of the molecule is Cc1oncc1-c1cc(N)c(-c2ccccn2)cc1Cl. The van der Waals surface area contributed by atoms with Crippen LogP contribution in [0.25, 0.3) is 22.4 Å². The second kappa shape index (κ2) is 4.98. The molecule has 0 saturated carbocycles. The lowest BCUT2D eigenvalue weighted by Crippen LogP contribution is -1.94. The van der Waals surface area contributed by atoms with Crippen LogP contribution in [-0.4, -0.2) is 10.1 Å². The predicted octanol–water partition coefficient (Wildman–Crippen LogP) is 3.95. The van der Waals surface area contributed by atoms with Crippen LogP contribution in [-0.2, 0) is 0 Å². The highest BCUT2D eigenvalue weighted by molar-refractivity contribution is 6.34. The van der Waals surface area contributed by atoms with Gasteiger partial charge in [0.2, 0.25) is 0 Å². The Morgan fingerprint density at radius 2 is 2.00 bits per heavy atom. The van der Waals surface area contributed by atoms with Crippen molar-refractivity contribution in [2.45, 2.75) is 6.92 Å². The number of aromatic nitrogens is 2. The number of nitrogen functional groups attached to an aromatic ring is 1. The first-order valence-electron chi connectivity index (χ1n) is 6.09. The van der Waals surface area contributed by atoms with E-state index in [0.717, 1.165) is 22.4 Å². The molecule has 0 saturated heterocycles. The minimum atomic E-state index is 0.589. The van der Waals surface area contributed by atoms with E-state index in [0.29, 0.717) is 16.5 Å². The van der Waals surface area contributed by atoms with E-state index in [2.05, 4.69) is 10.1 Å². The normalized spacial score (nSPS) is 10.7. The van der Waals surface area contributed by atoms with Gasteiger partial charge in [-0.15, -0.1) is 0 Å². The number of hydrogen-bond acceptors (Lipinski definition) is 4. The molecule has 100 valence electrons. The zero-order chi connectivity index (χ0) is 14.1. The monoisotopic (exact) mass is 285 g/mol. The summed E-state index contributed by atoms with van der Waals surface area (Å²) in [4.78, 5) is 4.29. The van der Waals surface area contributed by atoms with Gasteiger partial charge in [0.15, 0.2) is 0 Å². The summed E-state index contributed by atoms with van der Waals surface area (Å²) in [5.74, 6) is 0.705. The summed E-state index contributed by atoms with van der Waals surface area (Å²) < 4.78 is 5.07. The number of nitrogens with two attached hydrogens (primary N) is 1. The van der Waals surface area contributed by atoms with Gasteiger partial charge < -0.3 is 10.3 Å². The lowest BCUT2D eigenvalue weighted by Gasteiger charge is -2.09. The van der Waals surface area contributed by atoms with Crippen molar-refractivity contribution in [1.29, 1.82) is 0 Å². The zero-order valence-corrected chi connectivity index (χ0v) is 11.6. The van der Waals surface area contributed by atoms with Gasteiger partial charge in [-0.1, -0.05) is 22.8 Å². The fourth-order valence-electron chi connectivity index (χ4n) is 2.10. The Kier molecular flexibility index (Phi) is 3.16. The molecule has 1 aromatic carbocycles. The lowest BCUT2D eigenvalue weighted by atomic mass is 10.0. The molecule has 20 heavy (non-hydrogen) atoms. The number of pyridine rings is 1. The fraction of sp³-hybridized carbons (Fsp3) is 0.0667. The second-order valence-electron chi connectivity index (χ2n) is 4.43. The predicted molar refractivity (Wildman–Crippen MR) is 79.3 cm³/mol. The van der Waals surface area contributed by atoms with Gasteiger partial charge in [-0.05, 0) is 31.2 Å². The summed E-state index contributed by atoms with van der Waals surface area (Å²) in [5.41, 5.74) is 10.00. The van der Waals surface area contributed by atoms with Gasteiger partial charge in [0.1, 0.15) is 5.76 Å². The van der Waals surface area contributed by atoms with Gasteiger partial charge in [-0.25, -0.2) is 0 Å². The molecular formula is C15H12ClN3O.